The Balaban J connectivity index is 1.79. The van der Waals surface area contributed by atoms with Crippen molar-refractivity contribution in [2.75, 3.05) is 6.54 Å². The monoisotopic (exact) mass is 324 g/mol. The molecule has 2 aromatic heterocycles. The van der Waals surface area contributed by atoms with Crippen LogP contribution in [0.4, 0.5) is 0 Å². The summed E-state index contributed by atoms with van der Waals surface area (Å²) >= 11 is 3.22. The normalized spacial score (nSPS) is 10.4. The van der Waals surface area contributed by atoms with Gasteiger partial charge in [0.1, 0.15) is 5.69 Å². The Kier molecular flexibility index (Phi) is 4.51. The number of amides is 1. The number of carbonyl (C=O) groups excluding carboxylic acids is 1. The summed E-state index contributed by atoms with van der Waals surface area (Å²) in [6.45, 7) is 1.07. The molecule has 0 saturated carbocycles. The summed E-state index contributed by atoms with van der Waals surface area (Å²) < 4.78 is 2.24. The van der Waals surface area contributed by atoms with Crippen molar-refractivity contribution in [3.05, 3.63) is 51.1 Å². The molecule has 19 heavy (non-hydrogen) atoms. The van der Waals surface area contributed by atoms with Crippen molar-refractivity contribution in [3.63, 3.8) is 0 Å². The standard InChI is InChI=1S/C12H13BrN4O2/c13-9-8-15-16-11(9)12(19)14-5-3-7-17-6-2-1-4-10(17)18/h1-2,4,6,8H,3,5,7H2,(H,14,19)(H,15,16). The molecule has 0 bridgehead atoms. The van der Waals surface area contributed by atoms with Gasteiger partial charge in [0.2, 0.25) is 5.56 Å². The predicted molar refractivity (Wildman–Crippen MR) is 73.9 cm³/mol. The number of hydrogen-bond acceptors (Lipinski definition) is 3. The first kappa shape index (κ1) is 13.5. The van der Waals surface area contributed by atoms with Gasteiger partial charge >= 0.3 is 0 Å². The molecule has 0 aliphatic rings. The van der Waals surface area contributed by atoms with Gasteiger partial charge in [0, 0.05) is 25.4 Å². The van der Waals surface area contributed by atoms with E-state index < -0.39 is 0 Å². The third kappa shape index (κ3) is 3.54. The maximum absolute atomic E-state index is 11.7. The number of hydrogen-bond donors (Lipinski definition) is 2. The van der Waals surface area contributed by atoms with Gasteiger partial charge in [-0.1, -0.05) is 6.07 Å². The first-order valence-corrected chi connectivity index (χ1v) is 6.60. The highest BCUT2D eigenvalue weighted by Gasteiger charge is 2.10. The van der Waals surface area contributed by atoms with Crippen LogP contribution in [0.15, 0.2) is 39.9 Å². The fraction of sp³-hybridized carbons (Fsp3) is 0.250. The van der Waals surface area contributed by atoms with E-state index in [1.165, 1.54) is 12.3 Å². The average molecular weight is 325 g/mol. The second-order valence-corrected chi connectivity index (χ2v) is 4.79. The van der Waals surface area contributed by atoms with Crippen LogP contribution in [0.2, 0.25) is 0 Å². The summed E-state index contributed by atoms with van der Waals surface area (Å²) in [4.78, 5) is 23.2. The fourth-order valence-corrected chi connectivity index (χ4v) is 1.99. The van der Waals surface area contributed by atoms with Crippen LogP contribution in [0.3, 0.4) is 0 Å². The maximum atomic E-state index is 11.7. The number of nitrogens with one attached hydrogen (secondary N) is 2. The molecule has 100 valence electrons. The van der Waals surface area contributed by atoms with Gasteiger partial charge in [-0.3, -0.25) is 14.7 Å². The van der Waals surface area contributed by atoms with Gasteiger partial charge in [-0.15, -0.1) is 0 Å². The predicted octanol–water partition coefficient (Wildman–Crippen LogP) is 1.15. The second-order valence-electron chi connectivity index (χ2n) is 3.93. The highest BCUT2D eigenvalue weighted by atomic mass is 79.9. The first-order chi connectivity index (χ1) is 9.18. The van der Waals surface area contributed by atoms with Crippen molar-refractivity contribution in [1.82, 2.24) is 20.1 Å². The molecule has 2 aromatic rings. The van der Waals surface area contributed by atoms with Crippen molar-refractivity contribution in [2.24, 2.45) is 0 Å². The zero-order chi connectivity index (χ0) is 13.7. The van der Waals surface area contributed by atoms with Gasteiger partial charge in [-0.05, 0) is 28.4 Å². The van der Waals surface area contributed by atoms with Crippen LogP contribution < -0.4 is 10.9 Å². The maximum Gasteiger partial charge on any atom is 0.270 e. The number of aromatic nitrogens is 3. The van der Waals surface area contributed by atoms with Crippen LogP contribution in [0, 0.1) is 0 Å². The van der Waals surface area contributed by atoms with E-state index >= 15 is 0 Å². The minimum atomic E-state index is -0.218. The largest absolute Gasteiger partial charge is 0.351 e. The van der Waals surface area contributed by atoms with Crippen LogP contribution in [0.1, 0.15) is 16.9 Å². The topological polar surface area (TPSA) is 79.8 Å². The lowest BCUT2D eigenvalue weighted by atomic mass is 10.3. The van der Waals surface area contributed by atoms with E-state index in [-0.39, 0.29) is 11.5 Å². The lowest BCUT2D eigenvalue weighted by Crippen LogP contribution is -2.27. The molecule has 6 nitrogen and oxygen atoms in total. The summed E-state index contributed by atoms with van der Waals surface area (Å²) in [6.07, 6.45) is 3.94. The number of aromatic amines is 1. The van der Waals surface area contributed by atoms with Gasteiger partial charge in [0.05, 0.1) is 10.7 Å². The molecule has 0 aliphatic carbocycles. The smallest absolute Gasteiger partial charge is 0.270 e. The highest BCUT2D eigenvalue weighted by Crippen LogP contribution is 2.11. The molecule has 7 heteroatoms. The van der Waals surface area contributed by atoms with Crippen molar-refractivity contribution in [1.29, 1.82) is 0 Å². The second kappa shape index (κ2) is 6.33. The Bertz CT molecular complexity index is 620. The third-order valence-electron chi connectivity index (χ3n) is 2.58. The lowest BCUT2D eigenvalue weighted by Gasteiger charge is -2.06. The number of carbonyl (C=O) groups is 1. The molecule has 0 unspecified atom stereocenters. The van der Waals surface area contributed by atoms with Gasteiger partial charge in [-0.2, -0.15) is 5.10 Å². The van der Waals surface area contributed by atoms with Crippen LogP contribution in [0.5, 0.6) is 0 Å². The number of H-pyrrole nitrogens is 1. The Morgan fingerprint density at radius 1 is 1.47 bits per heavy atom. The third-order valence-corrected chi connectivity index (χ3v) is 3.18. The minimum absolute atomic E-state index is 0.0369. The molecule has 2 N–H and O–H groups in total. The number of pyridine rings is 1. The molecule has 1 amide bonds. The van der Waals surface area contributed by atoms with E-state index in [1.807, 2.05) is 6.07 Å². The summed E-state index contributed by atoms with van der Waals surface area (Å²) in [7, 11) is 0. The zero-order valence-electron chi connectivity index (χ0n) is 10.1. The van der Waals surface area contributed by atoms with Crippen LogP contribution in [0.25, 0.3) is 0 Å². The number of aryl methyl sites for hydroxylation is 1. The van der Waals surface area contributed by atoms with Crippen LogP contribution in [-0.2, 0) is 6.54 Å². The summed E-state index contributed by atoms with van der Waals surface area (Å²) in [5.74, 6) is -0.218. The quantitative estimate of drug-likeness (QED) is 0.810. The highest BCUT2D eigenvalue weighted by molar-refractivity contribution is 9.10. The molecular weight excluding hydrogens is 312 g/mol. The molecule has 2 rings (SSSR count). The number of rotatable bonds is 5. The molecule has 0 spiro atoms. The average Bonchev–Trinajstić information content (AvgIpc) is 2.82. The van der Waals surface area contributed by atoms with Gasteiger partial charge in [-0.25, -0.2) is 0 Å². The molecule has 0 aromatic carbocycles. The first-order valence-electron chi connectivity index (χ1n) is 5.81. The summed E-state index contributed by atoms with van der Waals surface area (Å²) in [5, 5.41) is 9.12. The number of halogens is 1. The van der Waals surface area contributed by atoms with Crippen molar-refractivity contribution in [3.8, 4) is 0 Å². The van der Waals surface area contributed by atoms with E-state index in [1.54, 1.807) is 16.8 Å². The molecule has 0 saturated heterocycles. The van der Waals surface area contributed by atoms with Gasteiger partial charge in [0.15, 0.2) is 0 Å². The Morgan fingerprint density at radius 3 is 3.00 bits per heavy atom. The van der Waals surface area contributed by atoms with E-state index in [0.717, 1.165) is 0 Å². The summed E-state index contributed by atoms with van der Waals surface area (Å²) in [6, 6.07) is 5.03. The van der Waals surface area contributed by atoms with E-state index in [0.29, 0.717) is 29.7 Å². The van der Waals surface area contributed by atoms with E-state index in [2.05, 4.69) is 31.4 Å². The molecule has 0 atom stereocenters. The summed E-state index contributed by atoms with van der Waals surface area (Å²) in [5.41, 5.74) is 0.363. The fourth-order valence-electron chi connectivity index (χ4n) is 1.62. The molecular formula is C12H13BrN4O2. The number of nitrogens with zero attached hydrogens (tertiary/aromatic N) is 2. The van der Waals surface area contributed by atoms with Crippen LogP contribution >= 0.6 is 15.9 Å². The Labute approximate surface area is 118 Å². The lowest BCUT2D eigenvalue weighted by molar-refractivity contribution is 0.0947. The van der Waals surface area contributed by atoms with E-state index in [9.17, 15) is 9.59 Å². The molecule has 0 fully saturated rings. The zero-order valence-corrected chi connectivity index (χ0v) is 11.7. The van der Waals surface area contributed by atoms with Crippen molar-refractivity contribution < 1.29 is 4.79 Å². The molecule has 0 aliphatic heterocycles. The SMILES string of the molecule is O=C(NCCCn1ccccc1=O)c1[nH]ncc1Br. The van der Waals surface area contributed by atoms with Gasteiger partial charge < -0.3 is 9.88 Å². The van der Waals surface area contributed by atoms with Crippen molar-refractivity contribution >= 4 is 21.8 Å². The van der Waals surface area contributed by atoms with Crippen LogP contribution in [-0.4, -0.2) is 27.2 Å². The van der Waals surface area contributed by atoms with E-state index in [4.69, 9.17) is 0 Å². The Hall–Kier alpha value is -1.89. The molecule has 0 radical (unpaired) electrons. The molecule has 2 heterocycles. The Morgan fingerprint density at radius 2 is 2.32 bits per heavy atom. The minimum Gasteiger partial charge on any atom is -0.351 e. The van der Waals surface area contributed by atoms with Gasteiger partial charge in [0.25, 0.3) is 5.91 Å². The van der Waals surface area contributed by atoms with Crippen molar-refractivity contribution in [2.45, 2.75) is 13.0 Å².